The average molecular weight is 283 g/mol. The summed E-state index contributed by atoms with van der Waals surface area (Å²) >= 11 is 0. The van der Waals surface area contributed by atoms with E-state index in [1.54, 1.807) is 17.8 Å². The van der Waals surface area contributed by atoms with E-state index in [2.05, 4.69) is 20.4 Å². The fraction of sp³-hybridized carbons (Fsp3) is 0.267. The minimum absolute atomic E-state index is 0.432. The van der Waals surface area contributed by atoms with Gasteiger partial charge in [-0.25, -0.2) is 14.6 Å². The Morgan fingerprint density at radius 1 is 1.29 bits per heavy atom. The highest BCUT2D eigenvalue weighted by Gasteiger charge is 2.12. The second-order valence-electron chi connectivity index (χ2n) is 5.03. The van der Waals surface area contributed by atoms with Gasteiger partial charge in [0, 0.05) is 6.54 Å². The van der Waals surface area contributed by atoms with E-state index in [0.717, 1.165) is 22.3 Å². The Bertz CT molecular complexity index is 766. The van der Waals surface area contributed by atoms with Gasteiger partial charge in [-0.2, -0.15) is 5.10 Å². The number of aromatic nitrogens is 4. The molecule has 21 heavy (non-hydrogen) atoms. The van der Waals surface area contributed by atoms with Crippen LogP contribution in [0.5, 0.6) is 0 Å². The lowest BCUT2D eigenvalue weighted by molar-refractivity contribution is 0.208. The third kappa shape index (κ3) is 2.57. The summed E-state index contributed by atoms with van der Waals surface area (Å²) in [5.74, 6) is 0.681. The molecule has 0 saturated heterocycles. The number of anilines is 1. The highest BCUT2D eigenvalue weighted by molar-refractivity contribution is 5.87. The fourth-order valence-electron chi connectivity index (χ4n) is 2.21. The van der Waals surface area contributed by atoms with Crippen LogP contribution in [0.3, 0.4) is 0 Å². The molecule has 0 spiro atoms. The zero-order valence-electron chi connectivity index (χ0n) is 12.0. The van der Waals surface area contributed by atoms with Gasteiger partial charge in [-0.3, -0.25) is 0 Å². The van der Waals surface area contributed by atoms with Crippen molar-refractivity contribution in [1.29, 1.82) is 0 Å². The summed E-state index contributed by atoms with van der Waals surface area (Å²) in [6.45, 7) is 4.19. The van der Waals surface area contributed by atoms with Crippen LogP contribution in [-0.2, 0) is 0 Å². The summed E-state index contributed by atoms with van der Waals surface area (Å²) in [5, 5.41) is 17.8. The highest BCUT2D eigenvalue weighted by Crippen LogP contribution is 2.22. The van der Waals surface area contributed by atoms with Crippen molar-refractivity contribution in [2.75, 3.05) is 11.9 Å². The maximum atomic E-state index is 9.38. The maximum absolute atomic E-state index is 9.38. The zero-order valence-corrected chi connectivity index (χ0v) is 12.0. The minimum atomic E-state index is -0.443. The second kappa shape index (κ2) is 5.49. The number of nitrogens with one attached hydrogen (secondary N) is 1. The molecule has 2 N–H and O–H groups in total. The molecule has 1 atom stereocenters. The summed E-state index contributed by atoms with van der Waals surface area (Å²) in [7, 11) is 0. The number of para-hydroxylation sites is 1. The topological polar surface area (TPSA) is 75.9 Å². The van der Waals surface area contributed by atoms with Crippen LogP contribution in [0.1, 0.15) is 12.5 Å². The van der Waals surface area contributed by atoms with Gasteiger partial charge >= 0.3 is 0 Å². The number of fused-ring (bicyclic) bond motifs is 1. The number of aliphatic hydroxyl groups excluding tert-OH is 1. The van der Waals surface area contributed by atoms with Crippen LogP contribution >= 0.6 is 0 Å². The first kappa shape index (κ1) is 13.5. The zero-order chi connectivity index (χ0) is 14.8. The normalized spacial score (nSPS) is 12.5. The van der Waals surface area contributed by atoms with Crippen LogP contribution in [0.25, 0.3) is 16.7 Å². The first-order valence-electron chi connectivity index (χ1n) is 6.83. The van der Waals surface area contributed by atoms with Gasteiger partial charge in [0.05, 0.1) is 23.4 Å². The fourth-order valence-corrected chi connectivity index (χ4v) is 2.21. The van der Waals surface area contributed by atoms with E-state index >= 15 is 0 Å². The molecule has 6 nitrogen and oxygen atoms in total. The summed E-state index contributed by atoms with van der Waals surface area (Å²) in [4.78, 5) is 8.55. The molecule has 0 bridgehead atoms. The van der Waals surface area contributed by atoms with Gasteiger partial charge in [-0.15, -0.1) is 0 Å². The number of aliphatic hydroxyl groups is 1. The van der Waals surface area contributed by atoms with Crippen LogP contribution in [0.2, 0.25) is 0 Å². The van der Waals surface area contributed by atoms with Crippen molar-refractivity contribution in [3.8, 4) is 5.69 Å². The highest BCUT2D eigenvalue weighted by atomic mass is 16.3. The second-order valence-corrected chi connectivity index (χ2v) is 5.03. The van der Waals surface area contributed by atoms with Gasteiger partial charge in [0.25, 0.3) is 0 Å². The molecular weight excluding hydrogens is 266 g/mol. The molecule has 0 saturated carbocycles. The number of hydrogen-bond acceptors (Lipinski definition) is 5. The van der Waals surface area contributed by atoms with E-state index in [1.807, 2.05) is 31.2 Å². The summed E-state index contributed by atoms with van der Waals surface area (Å²) < 4.78 is 1.81. The van der Waals surface area contributed by atoms with Crippen molar-refractivity contribution in [3.63, 3.8) is 0 Å². The van der Waals surface area contributed by atoms with E-state index in [0.29, 0.717) is 12.4 Å². The number of hydrogen-bond donors (Lipinski definition) is 2. The molecule has 0 fully saturated rings. The molecule has 0 aliphatic heterocycles. The minimum Gasteiger partial charge on any atom is -0.392 e. The quantitative estimate of drug-likeness (QED) is 0.765. The predicted molar refractivity (Wildman–Crippen MR) is 81.6 cm³/mol. The number of nitrogens with zero attached hydrogens (tertiary/aromatic N) is 4. The monoisotopic (exact) mass is 283 g/mol. The Morgan fingerprint density at radius 2 is 2.10 bits per heavy atom. The van der Waals surface area contributed by atoms with Crippen molar-refractivity contribution in [2.45, 2.75) is 20.0 Å². The third-order valence-electron chi connectivity index (χ3n) is 3.27. The smallest absolute Gasteiger partial charge is 0.168 e. The molecule has 1 aromatic carbocycles. The van der Waals surface area contributed by atoms with Crippen LogP contribution < -0.4 is 5.32 Å². The lowest BCUT2D eigenvalue weighted by Crippen LogP contribution is -2.16. The van der Waals surface area contributed by atoms with Crippen LogP contribution in [-0.4, -0.2) is 37.5 Å². The molecule has 2 heterocycles. The Hall–Kier alpha value is -2.47. The van der Waals surface area contributed by atoms with Gasteiger partial charge in [0.15, 0.2) is 5.65 Å². The summed E-state index contributed by atoms with van der Waals surface area (Å²) in [6, 6.07) is 8.02. The molecule has 3 aromatic rings. The maximum Gasteiger partial charge on any atom is 0.168 e. The Balaban J connectivity index is 2.07. The first-order chi connectivity index (χ1) is 10.2. The van der Waals surface area contributed by atoms with Crippen molar-refractivity contribution in [2.24, 2.45) is 0 Å². The van der Waals surface area contributed by atoms with Gasteiger partial charge in [-0.1, -0.05) is 18.2 Å². The SMILES string of the molecule is Cc1ccccc1-n1ncc2c(NCC(C)O)ncnc21. The van der Waals surface area contributed by atoms with Crippen molar-refractivity contribution in [1.82, 2.24) is 19.7 Å². The standard InChI is InChI=1S/C15H17N5O/c1-10-5-3-4-6-13(10)20-15-12(8-19-20)14(17-9-18-15)16-7-11(2)21/h3-6,8-9,11,21H,7H2,1-2H3,(H,16,17,18). The van der Waals surface area contributed by atoms with Crippen molar-refractivity contribution >= 4 is 16.9 Å². The van der Waals surface area contributed by atoms with Crippen molar-refractivity contribution in [3.05, 3.63) is 42.4 Å². The molecule has 6 heteroatoms. The largest absolute Gasteiger partial charge is 0.392 e. The van der Waals surface area contributed by atoms with Gasteiger partial charge in [0.2, 0.25) is 0 Å². The number of aryl methyl sites for hydroxylation is 1. The van der Waals surface area contributed by atoms with E-state index in [9.17, 15) is 5.11 Å². The predicted octanol–water partition coefficient (Wildman–Crippen LogP) is 1.92. The summed E-state index contributed by atoms with van der Waals surface area (Å²) in [5.41, 5.74) is 2.86. The molecular formula is C15H17N5O. The van der Waals surface area contributed by atoms with Gasteiger partial charge < -0.3 is 10.4 Å². The van der Waals surface area contributed by atoms with Crippen molar-refractivity contribution < 1.29 is 5.11 Å². The molecule has 108 valence electrons. The van der Waals surface area contributed by atoms with E-state index in [4.69, 9.17) is 0 Å². The lowest BCUT2D eigenvalue weighted by atomic mass is 10.2. The molecule has 0 aliphatic rings. The van der Waals surface area contributed by atoms with Gasteiger partial charge in [0.1, 0.15) is 12.1 Å². The molecule has 3 rings (SSSR count). The Kier molecular flexibility index (Phi) is 3.53. The molecule has 0 radical (unpaired) electrons. The molecule has 0 amide bonds. The third-order valence-corrected chi connectivity index (χ3v) is 3.27. The average Bonchev–Trinajstić information content (AvgIpc) is 2.90. The van der Waals surface area contributed by atoms with Gasteiger partial charge in [-0.05, 0) is 25.5 Å². The molecule has 0 aliphatic carbocycles. The Labute approximate surface area is 122 Å². The molecule has 2 aromatic heterocycles. The molecule has 1 unspecified atom stereocenters. The lowest BCUT2D eigenvalue weighted by Gasteiger charge is -2.09. The van der Waals surface area contributed by atoms with Crippen LogP contribution in [0, 0.1) is 6.92 Å². The van der Waals surface area contributed by atoms with E-state index in [1.165, 1.54) is 6.33 Å². The Morgan fingerprint density at radius 3 is 2.86 bits per heavy atom. The van der Waals surface area contributed by atoms with E-state index < -0.39 is 6.10 Å². The van der Waals surface area contributed by atoms with Crippen LogP contribution in [0.15, 0.2) is 36.8 Å². The number of rotatable bonds is 4. The summed E-state index contributed by atoms with van der Waals surface area (Å²) in [6.07, 6.45) is 2.80. The van der Waals surface area contributed by atoms with Crippen LogP contribution in [0.4, 0.5) is 5.82 Å². The number of benzene rings is 1. The van der Waals surface area contributed by atoms with E-state index in [-0.39, 0.29) is 0 Å². The first-order valence-corrected chi connectivity index (χ1v) is 6.83.